The number of rotatable bonds is 7. The maximum Gasteiger partial charge on any atom is 0.389 e. The van der Waals surface area contributed by atoms with E-state index in [-0.39, 0.29) is 10.3 Å². The largest absolute Gasteiger partial charge is 0.494 e. The Balaban J connectivity index is 2.12. The Kier molecular flexibility index (Phi) is 7.28. The third kappa shape index (κ3) is 8.57. The summed E-state index contributed by atoms with van der Waals surface area (Å²) >= 11 is 7.80. The molecule has 0 saturated heterocycles. The molecule has 0 N–H and O–H groups in total. The summed E-state index contributed by atoms with van der Waals surface area (Å²) in [5.41, 5.74) is 0. The number of benzene rings is 1. The molecule has 0 bridgehead atoms. The number of halogens is 5. The molecule has 1 rings (SSSR count). The van der Waals surface area contributed by atoms with Crippen LogP contribution in [0.3, 0.4) is 0 Å². The summed E-state index contributed by atoms with van der Waals surface area (Å²) in [6.07, 6.45) is -3.12. The first-order chi connectivity index (χ1) is 8.87. The predicted molar refractivity (Wildman–Crippen MR) is 79.3 cm³/mol. The molecule has 0 fully saturated rings. The van der Waals surface area contributed by atoms with Crippen molar-refractivity contribution in [3.8, 4) is 5.75 Å². The first-order valence-corrected chi connectivity index (χ1v) is 7.58. The fraction of sp³-hybridized carbons (Fsp3) is 0.538. The molecule has 1 unspecified atom stereocenters. The van der Waals surface area contributed by atoms with Gasteiger partial charge in [0.15, 0.2) is 0 Å². The molecule has 108 valence electrons. The van der Waals surface area contributed by atoms with Crippen LogP contribution in [0.5, 0.6) is 5.75 Å². The highest BCUT2D eigenvalue weighted by Gasteiger charge is 2.27. The van der Waals surface area contributed by atoms with Crippen molar-refractivity contribution in [1.82, 2.24) is 0 Å². The molecule has 1 aromatic rings. The van der Waals surface area contributed by atoms with Crippen LogP contribution in [0.1, 0.15) is 25.7 Å². The van der Waals surface area contributed by atoms with Crippen molar-refractivity contribution >= 4 is 34.2 Å². The van der Waals surface area contributed by atoms with Crippen molar-refractivity contribution in [3.05, 3.63) is 29.3 Å². The van der Waals surface area contributed by atoms with Gasteiger partial charge in [0.25, 0.3) is 0 Å². The maximum atomic E-state index is 12.0. The Morgan fingerprint density at radius 2 is 1.79 bits per heavy atom. The van der Waals surface area contributed by atoms with Crippen molar-refractivity contribution < 1.29 is 17.9 Å². The van der Waals surface area contributed by atoms with E-state index in [0.717, 1.165) is 18.6 Å². The van der Waals surface area contributed by atoms with Crippen LogP contribution in [-0.2, 0) is 0 Å². The zero-order valence-electron chi connectivity index (χ0n) is 10.2. The molecule has 0 aliphatic carbocycles. The molecule has 0 amide bonds. The van der Waals surface area contributed by atoms with Gasteiger partial charge in [-0.3, -0.25) is 0 Å². The molecule has 1 aromatic carbocycles. The molecule has 0 heterocycles. The average molecular weight is 407 g/mol. The lowest BCUT2D eigenvalue weighted by molar-refractivity contribution is -0.135. The monoisotopic (exact) mass is 406 g/mol. The second-order valence-electron chi connectivity index (χ2n) is 4.20. The highest BCUT2D eigenvalue weighted by Crippen LogP contribution is 2.26. The van der Waals surface area contributed by atoms with Crippen molar-refractivity contribution in [3.63, 3.8) is 0 Å². The molecular formula is C13H15ClF3IO. The Morgan fingerprint density at radius 3 is 2.37 bits per heavy atom. The fourth-order valence-electron chi connectivity index (χ4n) is 1.49. The average Bonchev–Trinajstić information content (AvgIpc) is 2.33. The molecule has 0 aromatic heterocycles. The van der Waals surface area contributed by atoms with Crippen LogP contribution >= 0.6 is 34.2 Å². The molecule has 0 aliphatic rings. The first-order valence-electron chi connectivity index (χ1n) is 5.96. The Labute approximate surface area is 129 Å². The minimum absolute atomic E-state index is 0.0352. The highest BCUT2D eigenvalue weighted by atomic mass is 127. The smallest absolute Gasteiger partial charge is 0.389 e. The first kappa shape index (κ1) is 16.9. The molecule has 19 heavy (non-hydrogen) atoms. The Morgan fingerprint density at radius 1 is 1.16 bits per heavy atom. The number of ether oxygens (including phenoxy) is 1. The molecule has 6 heteroatoms. The van der Waals surface area contributed by atoms with Gasteiger partial charge in [-0.25, -0.2) is 0 Å². The summed E-state index contributed by atoms with van der Waals surface area (Å²) in [6, 6.07) is 7.02. The van der Waals surface area contributed by atoms with Crippen LogP contribution in [-0.4, -0.2) is 16.7 Å². The van der Waals surface area contributed by atoms with E-state index >= 15 is 0 Å². The van der Waals surface area contributed by atoms with Crippen molar-refractivity contribution in [2.24, 2.45) is 0 Å². The van der Waals surface area contributed by atoms with Crippen LogP contribution in [0.2, 0.25) is 5.02 Å². The summed E-state index contributed by atoms with van der Waals surface area (Å²) in [4.78, 5) is 0. The van der Waals surface area contributed by atoms with E-state index in [0.29, 0.717) is 11.6 Å². The second kappa shape index (κ2) is 8.19. The zero-order chi connectivity index (χ0) is 14.3. The van der Waals surface area contributed by atoms with Crippen LogP contribution in [0.15, 0.2) is 24.3 Å². The summed E-state index contributed by atoms with van der Waals surface area (Å²) < 4.78 is 41.6. The third-order valence-corrected chi connectivity index (χ3v) is 3.98. The van der Waals surface area contributed by atoms with Gasteiger partial charge in [0, 0.05) is 15.4 Å². The van der Waals surface area contributed by atoms with Gasteiger partial charge in [-0.1, -0.05) is 34.2 Å². The summed E-state index contributed by atoms with van der Waals surface area (Å²) in [5, 5.41) is 0.645. The van der Waals surface area contributed by atoms with Crippen molar-refractivity contribution in [2.75, 3.05) is 6.61 Å². The quantitative estimate of drug-likeness (QED) is 0.323. The van der Waals surface area contributed by atoms with Gasteiger partial charge in [-0.15, -0.1) is 0 Å². The summed E-state index contributed by atoms with van der Waals surface area (Å²) in [6.45, 7) is 0.507. The molecule has 0 radical (unpaired) electrons. The van der Waals surface area contributed by atoms with Gasteiger partial charge < -0.3 is 4.74 Å². The Bertz CT molecular complexity index is 367. The normalized spacial score (nSPS) is 13.3. The van der Waals surface area contributed by atoms with E-state index in [9.17, 15) is 13.2 Å². The zero-order valence-corrected chi connectivity index (χ0v) is 13.1. The van der Waals surface area contributed by atoms with Gasteiger partial charge in [-0.2, -0.15) is 13.2 Å². The van der Waals surface area contributed by atoms with Gasteiger partial charge in [0.2, 0.25) is 0 Å². The molecular weight excluding hydrogens is 391 g/mol. The topological polar surface area (TPSA) is 9.23 Å². The van der Waals surface area contributed by atoms with Crippen LogP contribution < -0.4 is 4.74 Å². The number of hydrogen-bond donors (Lipinski definition) is 0. The molecule has 1 nitrogen and oxygen atoms in total. The van der Waals surface area contributed by atoms with Gasteiger partial charge in [-0.05, 0) is 43.5 Å². The number of hydrogen-bond acceptors (Lipinski definition) is 1. The van der Waals surface area contributed by atoms with Gasteiger partial charge >= 0.3 is 6.18 Å². The number of alkyl halides is 4. The van der Waals surface area contributed by atoms with Crippen molar-refractivity contribution in [2.45, 2.75) is 35.8 Å². The van der Waals surface area contributed by atoms with Gasteiger partial charge in [0.05, 0.1) is 6.61 Å². The molecule has 0 saturated carbocycles. The van der Waals surface area contributed by atoms with E-state index in [2.05, 4.69) is 22.6 Å². The third-order valence-electron chi connectivity index (χ3n) is 2.49. The molecule has 0 spiro atoms. The SMILES string of the molecule is FC(F)(F)CCC(I)CCCOc1ccc(Cl)cc1. The molecule has 1 atom stereocenters. The van der Waals surface area contributed by atoms with Gasteiger partial charge in [0.1, 0.15) is 5.75 Å². The van der Waals surface area contributed by atoms with Crippen LogP contribution in [0, 0.1) is 0 Å². The van der Waals surface area contributed by atoms with E-state index in [1.807, 2.05) is 0 Å². The minimum atomic E-state index is -4.05. The van der Waals surface area contributed by atoms with E-state index in [1.54, 1.807) is 24.3 Å². The van der Waals surface area contributed by atoms with E-state index in [4.69, 9.17) is 16.3 Å². The summed E-state index contributed by atoms with van der Waals surface area (Å²) in [5.74, 6) is 0.727. The standard InChI is InChI=1S/C13H15ClF3IO/c14-10-3-5-12(6-4-10)19-9-1-2-11(18)7-8-13(15,16)17/h3-6,11H,1-2,7-9H2. The fourth-order valence-corrected chi connectivity index (χ4v) is 2.37. The lowest BCUT2D eigenvalue weighted by atomic mass is 10.1. The van der Waals surface area contributed by atoms with E-state index < -0.39 is 12.6 Å². The lowest BCUT2D eigenvalue weighted by Gasteiger charge is -2.12. The predicted octanol–water partition coefficient (Wildman–Crippen LogP) is 5.65. The van der Waals surface area contributed by atoms with E-state index in [1.165, 1.54) is 0 Å². The Hall–Kier alpha value is -0.170. The maximum absolute atomic E-state index is 12.0. The van der Waals surface area contributed by atoms with Crippen LogP contribution in [0.4, 0.5) is 13.2 Å². The summed E-state index contributed by atoms with van der Waals surface area (Å²) in [7, 11) is 0. The second-order valence-corrected chi connectivity index (χ2v) is 6.39. The molecule has 0 aliphatic heterocycles. The van der Waals surface area contributed by atoms with Crippen LogP contribution in [0.25, 0.3) is 0 Å². The minimum Gasteiger partial charge on any atom is -0.494 e. The highest BCUT2D eigenvalue weighted by molar-refractivity contribution is 14.1. The van der Waals surface area contributed by atoms with Crippen molar-refractivity contribution in [1.29, 1.82) is 0 Å². The lowest BCUT2D eigenvalue weighted by Crippen LogP contribution is -2.11.